The van der Waals surface area contributed by atoms with Crippen molar-refractivity contribution in [2.45, 2.75) is 156 Å². The van der Waals surface area contributed by atoms with Crippen LogP contribution in [0.3, 0.4) is 0 Å². The van der Waals surface area contributed by atoms with Gasteiger partial charge in [0.1, 0.15) is 0 Å². The Labute approximate surface area is 482 Å². The summed E-state index contributed by atoms with van der Waals surface area (Å²) in [5.41, 5.74) is 2.73. The van der Waals surface area contributed by atoms with E-state index in [0.29, 0.717) is 0 Å². The van der Waals surface area contributed by atoms with E-state index in [9.17, 15) is 0 Å². The van der Waals surface area contributed by atoms with Crippen LogP contribution in [-0.4, -0.2) is 0 Å². The van der Waals surface area contributed by atoms with Crippen LogP contribution >= 0.6 is 113 Å². The fraction of sp³-hybridized carbons (Fsp3) is 0.375. The molecule has 0 aliphatic carbocycles. The van der Waals surface area contributed by atoms with Crippen LogP contribution in [0.1, 0.15) is 150 Å². The normalized spacial score (nSPS) is 11.8. The number of aryl methyl sites for hydroxylation is 4. The second-order valence-corrected chi connectivity index (χ2v) is 30.8. The Kier molecular flexibility index (Phi) is 19.9. The third kappa shape index (κ3) is 13.6. The molecule has 0 aliphatic rings. The molecule has 10 aromatic heterocycles. The molecule has 10 heterocycles. The maximum Gasteiger partial charge on any atom is 0.0528 e. The number of hydrogen-bond donors (Lipinski definition) is 0. The fourth-order valence-electron chi connectivity index (χ4n) is 9.66. The van der Waals surface area contributed by atoms with Gasteiger partial charge in [-0.15, -0.1) is 113 Å². The van der Waals surface area contributed by atoms with Gasteiger partial charge in [-0.05, 0) is 161 Å². The summed E-state index contributed by atoms with van der Waals surface area (Å²) < 4.78 is 0. The molecule has 0 radical (unpaired) electrons. The van der Waals surface area contributed by atoms with Crippen LogP contribution in [-0.2, 0) is 25.7 Å². The van der Waals surface area contributed by atoms with Gasteiger partial charge in [-0.25, -0.2) is 0 Å². The number of rotatable bonds is 29. The zero-order valence-corrected chi connectivity index (χ0v) is 51.8. The van der Waals surface area contributed by atoms with E-state index in [1.54, 1.807) is 0 Å². The van der Waals surface area contributed by atoms with E-state index in [1.807, 2.05) is 113 Å². The van der Waals surface area contributed by atoms with Crippen molar-refractivity contribution in [3.63, 3.8) is 0 Å². The van der Waals surface area contributed by atoms with Crippen molar-refractivity contribution in [1.29, 1.82) is 0 Å². The monoisotopic (exact) mass is 1160 g/mol. The van der Waals surface area contributed by atoms with E-state index in [4.69, 9.17) is 0 Å². The summed E-state index contributed by atoms with van der Waals surface area (Å²) in [6.45, 7) is 9.21. The molecule has 0 N–H and O–H groups in total. The SMILES string of the molecule is CCCCCCc1ccc(-c2ccc(-c3cc(-c4cc(-c5ccc(-c6ccc(CCCCCC)s6)s5)sc4-c4ccc(-c5ccc(CCCCCC)s5)s4)c(-c4ccc(-c5ccc(CCCCCC)s5)s4)s3)s2)s1. The van der Waals surface area contributed by atoms with Crippen LogP contribution in [0, 0.1) is 0 Å². The van der Waals surface area contributed by atoms with Gasteiger partial charge >= 0.3 is 0 Å². The number of thiophene rings is 10. The molecule has 0 saturated carbocycles. The second kappa shape index (κ2) is 27.0. The van der Waals surface area contributed by atoms with Crippen LogP contribution in [0.5, 0.6) is 0 Å². The second-order valence-electron chi connectivity index (χ2n) is 19.7. The molecule has 10 heteroatoms. The molecule has 10 aromatic rings. The van der Waals surface area contributed by atoms with Crippen LogP contribution in [0.25, 0.3) is 89.2 Å². The quantitative estimate of drug-likeness (QED) is 0.0410. The zero-order valence-electron chi connectivity index (χ0n) is 43.6. The van der Waals surface area contributed by atoms with Crippen LogP contribution in [0.2, 0.25) is 0 Å². The van der Waals surface area contributed by atoms with Gasteiger partial charge in [0.25, 0.3) is 0 Å². The van der Waals surface area contributed by atoms with E-state index in [-0.39, 0.29) is 0 Å². The summed E-state index contributed by atoms with van der Waals surface area (Å²) in [5, 5.41) is 0. The lowest BCUT2D eigenvalue weighted by molar-refractivity contribution is 0.670. The lowest BCUT2D eigenvalue weighted by Crippen LogP contribution is -1.80. The molecule has 0 aromatic carbocycles. The molecule has 10 rings (SSSR count). The van der Waals surface area contributed by atoms with E-state index < -0.39 is 0 Å². The highest BCUT2D eigenvalue weighted by molar-refractivity contribution is 7.31. The first-order valence-electron chi connectivity index (χ1n) is 27.5. The lowest BCUT2D eigenvalue weighted by atomic mass is 10.0. The van der Waals surface area contributed by atoms with Crippen molar-refractivity contribution in [2.75, 3.05) is 0 Å². The van der Waals surface area contributed by atoms with Crippen LogP contribution < -0.4 is 0 Å². The van der Waals surface area contributed by atoms with E-state index in [0.717, 1.165) is 0 Å². The first-order valence-corrected chi connectivity index (χ1v) is 35.7. The molecule has 0 fully saturated rings. The van der Waals surface area contributed by atoms with Gasteiger partial charge in [-0.2, -0.15) is 0 Å². The number of unbranched alkanes of at least 4 members (excludes halogenated alkanes) is 12. The first kappa shape index (κ1) is 54.4. The smallest absolute Gasteiger partial charge is 0.0528 e. The van der Waals surface area contributed by atoms with E-state index in [2.05, 4.69) is 137 Å². The lowest BCUT2D eigenvalue weighted by Gasteiger charge is -2.03. The van der Waals surface area contributed by atoms with Crippen molar-refractivity contribution < 1.29 is 0 Å². The van der Waals surface area contributed by atoms with Crippen molar-refractivity contribution in [1.82, 2.24) is 0 Å². The predicted octanol–water partition coefficient (Wildman–Crippen LogP) is 25.8. The van der Waals surface area contributed by atoms with Crippen LogP contribution in [0.15, 0.2) is 109 Å². The highest BCUT2D eigenvalue weighted by Gasteiger charge is 2.25. The Hall–Kier alpha value is -3.00. The molecular formula is C64H70S10. The van der Waals surface area contributed by atoms with Gasteiger partial charge in [0.2, 0.25) is 0 Å². The minimum Gasteiger partial charge on any atom is -0.139 e. The summed E-state index contributed by atoms with van der Waals surface area (Å²) in [7, 11) is 0. The van der Waals surface area contributed by atoms with Gasteiger partial charge in [0, 0.05) is 98.9 Å². The number of hydrogen-bond acceptors (Lipinski definition) is 10. The van der Waals surface area contributed by atoms with Crippen molar-refractivity contribution in [2.24, 2.45) is 0 Å². The Bertz CT molecular complexity index is 3050. The summed E-state index contributed by atoms with van der Waals surface area (Å²) in [6.07, 6.45) is 25.7. The van der Waals surface area contributed by atoms with Gasteiger partial charge < -0.3 is 0 Å². The highest BCUT2D eigenvalue weighted by Crippen LogP contribution is 2.55. The maximum absolute atomic E-state index is 2.56. The van der Waals surface area contributed by atoms with E-state index >= 15 is 0 Å². The Balaban J connectivity index is 1.03. The summed E-state index contributed by atoms with van der Waals surface area (Å²) >= 11 is 19.9. The molecular weight excluding hydrogens is 1090 g/mol. The summed E-state index contributed by atoms with van der Waals surface area (Å²) in [5.74, 6) is 0. The van der Waals surface area contributed by atoms with Crippen molar-refractivity contribution in [3.8, 4) is 89.2 Å². The Morgan fingerprint density at radius 1 is 0.216 bits per heavy atom. The maximum atomic E-state index is 2.56. The molecule has 0 aliphatic heterocycles. The molecule has 0 atom stereocenters. The Morgan fingerprint density at radius 3 is 0.730 bits per heavy atom. The van der Waals surface area contributed by atoms with Crippen molar-refractivity contribution >= 4 is 113 Å². The molecule has 0 nitrogen and oxygen atoms in total. The molecule has 0 saturated heterocycles. The minimum atomic E-state index is 1.19. The summed E-state index contributed by atoms with van der Waals surface area (Å²) in [4.78, 5) is 28.2. The summed E-state index contributed by atoms with van der Waals surface area (Å²) in [6, 6.07) is 43.3. The molecule has 0 bridgehead atoms. The highest BCUT2D eigenvalue weighted by atomic mass is 32.1. The molecule has 0 spiro atoms. The van der Waals surface area contributed by atoms with Gasteiger partial charge in [-0.1, -0.05) is 105 Å². The topological polar surface area (TPSA) is 0 Å². The third-order valence-electron chi connectivity index (χ3n) is 13.8. The average Bonchev–Trinajstić information content (AvgIpc) is 4.25. The fourth-order valence-corrected chi connectivity index (χ4v) is 21.0. The Morgan fingerprint density at radius 2 is 0.446 bits per heavy atom. The average molecular weight is 1160 g/mol. The first-order chi connectivity index (χ1) is 36.5. The molecule has 0 amide bonds. The molecule has 0 unspecified atom stereocenters. The van der Waals surface area contributed by atoms with Gasteiger partial charge in [0.15, 0.2) is 0 Å². The largest absolute Gasteiger partial charge is 0.139 e. The van der Waals surface area contributed by atoms with Crippen LogP contribution in [0.4, 0.5) is 0 Å². The third-order valence-corrected chi connectivity index (χ3v) is 26.6. The standard InChI is InChI=1S/C64H70S10/c1-5-9-13-17-21-43-25-29-49(65-43)53-33-35-57(69-53)61-41-47(63(73-61)59-39-37-55(71-59)51-31-27-45(67-51)23-19-15-11-7-3)48-42-62(58-36-34-54(70-58)50-30-26-44(66-50)22-18-14-10-6-2)74-64(48)60-40-38-56(72-60)52-32-28-46(68-52)24-20-16-12-8-4/h25-42H,5-24H2,1-4H3. The van der Waals surface area contributed by atoms with Crippen molar-refractivity contribution in [3.05, 3.63) is 129 Å². The van der Waals surface area contributed by atoms with E-state index in [1.165, 1.54) is 237 Å². The van der Waals surface area contributed by atoms with Gasteiger partial charge in [-0.3, -0.25) is 0 Å². The molecule has 74 heavy (non-hydrogen) atoms. The zero-order chi connectivity index (χ0) is 50.6. The minimum absolute atomic E-state index is 1.19. The van der Waals surface area contributed by atoms with Gasteiger partial charge in [0.05, 0.1) is 9.75 Å². The molecule has 386 valence electrons. The predicted molar refractivity (Wildman–Crippen MR) is 346 cm³/mol.